The molecule has 0 aromatic rings. The van der Waals surface area contributed by atoms with Gasteiger partial charge in [0.2, 0.25) is 11.8 Å². The molecule has 104 valence electrons. The van der Waals surface area contributed by atoms with E-state index in [1.54, 1.807) is 11.8 Å². The van der Waals surface area contributed by atoms with Crippen molar-refractivity contribution in [3.05, 3.63) is 0 Å². The molecule has 0 aliphatic carbocycles. The topological polar surface area (TPSA) is 67.9 Å². The van der Waals surface area contributed by atoms with E-state index >= 15 is 0 Å². The number of piperidine rings is 1. The molecule has 0 aromatic carbocycles. The number of rotatable bonds is 5. The molecule has 0 aromatic heterocycles. The van der Waals surface area contributed by atoms with Gasteiger partial charge in [-0.3, -0.25) is 9.59 Å². The number of ether oxygens (including phenoxy) is 2. The molecular weight excluding hydrogens is 236 g/mol. The third-order valence-corrected chi connectivity index (χ3v) is 3.28. The normalized spacial score (nSPS) is 17.0. The van der Waals surface area contributed by atoms with Crippen molar-refractivity contribution in [1.82, 2.24) is 10.2 Å². The maximum Gasteiger partial charge on any atom is 0.223 e. The Kier molecular flexibility index (Phi) is 6.07. The van der Waals surface area contributed by atoms with E-state index in [1.807, 2.05) is 0 Å². The van der Waals surface area contributed by atoms with E-state index in [2.05, 4.69) is 5.32 Å². The lowest BCUT2D eigenvalue weighted by Crippen LogP contribution is -2.44. The number of carbonyl (C=O) groups is 2. The lowest BCUT2D eigenvalue weighted by molar-refractivity contribution is -0.136. The van der Waals surface area contributed by atoms with Crippen LogP contribution >= 0.6 is 0 Å². The van der Waals surface area contributed by atoms with E-state index in [1.165, 1.54) is 14.2 Å². The molecule has 1 fully saturated rings. The molecule has 6 nitrogen and oxygen atoms in total. The number of nitrogens with one attached hydrogen (secondary N) is 1. The molecule has 1 N–H and O–H groups in total. The quantitative estimate of drug-likeness (QED) is 0.704. The Morgan fingerprint density at radius 1 is 1.28 bits per heavy atom. The first-order valence-electron chi connectivity index (χ1n) is 6.17. The average molecular weight is 258 g/mol. The third kappa shape index (κ3) is 4.27. The predicted octanol–water partition coefficient (Wildman–Crippen LogP) is -0.0200. The lowest BCUT2D eigenvalue weighted by atomic mass is 9.96. The van der Waals surface area contributed by atoms with Gasteiger partial charge in [0.25, 0.3) is 0 Å². The molecule has 1 heterocycles. The van der Waals surface area contributed by atoms with Gasteiger partial charge in [0.1, 0.15) is 0 Å². The van der Waals surface area contributed by atoms with Gasteiger partial charge in [-0.25, -0.2) is 0 Å². The van der Waals surface area contributed by atoms with Crippen LogP contribution in [0, 0.1) is 5.92 Å². The molecule has 1 saturated heterocycles. The molecule has 6 heteroatoms. The SMILES string of the molecule is COC(CNC(=O)C1CCN(C(C)=O)CC1)OC. The lowest BCUT2D eigenvalue weighted by Gasteiger charge is -2.30. The zero-order chi connectivity index (χ0) is 13.5. The minimum Gasteiger partial charge on any atom is -0.354 e. The van der Waals surface area contributed by atoms with Gasteiger partial charge >= 0.3 is 0 Å². The van der Waals surface area contributed by atoms with Gasteiger partial charge in [-0.1, -0.05) is 0 Å². The van der Waals surface area contributed by atoms with Crippen LogP contribution in [0.15, 0.2) is 0 Å². The summed E-state index contributed by atoms with van der Waals surface area (Å²) in [5.41, 5.74) is 0. The van der Waals surface area contributed by atoms with Crippen molar-refractivity contribution in [3.63, 3.8) is 0 Å². The Morgan fingerprint density at radius 2 is 1.83 bits per heavy atom. The molecule has 1 aliphatic heterocycles. The number of hydrogen-bond acceptors (Lipinski definition) is 4. The maximum atomic E-state index is 11.9. The van der Waals surface area contributed by atoms with Crippen molar-refractivity contribution in [2.45, 2.75) is 26.1 Å². The Balaban J connectivity index is 2.29. The zero-order valence-electron chi connectivity index (χ0n) is 11.3. The minimum absolute atomic E-state index is 0.0114. The number of nitrogens with zero attached hydrogens (tertiary/aromatic N) is 1. The van der Waals surface area contributed by atoms with Crippen LogP contribution in [0.5, 0.6) is 0 Å². The molecule has 2 amide bonds. The van der Waals surface area contributed by atoms with Crippen molar-refractivity contribution < 1.29 is 19.1 Å². The second-order valence-corrected chi connectivity index (χ2v) is 4.43. The van der Waals surface area contributed by atoms with Gasteiger partial charge in [0.15, 0.2) is 6.29 Å². The molecule has 0 bridgehead atoms. The van der Waals surface area contributed by atoms with Gasteiger partial charge in [0, 0.05) is 40.2 Å². The summed E-state index contributed by atoms with van der Waals surface area (Å²) < 4.78 is 9.99. The van der Waals surface area contributed by atoms with Crippen LogP contribution in [0.3, 0.4) is 0 Å². The fourth-order valence-corrected chi connectivity index (χ4v) is 2.05. The number of methoxy groups -OCH3 is 2. The Morgan fingerprint density at radius 3 is 2.28 bits per heavy atom. The fraction of sp³-hybridized carbons (Fsp3) is 0.833. The van der Waals surface area contributed by atoms with E-state index in [0.717, 1.165) is 12.8 Å². The fourth-order valence-electron chi connectivity index (χ4n) is 2.05. The van der Waals surface area contributed by atoms with Crippen LogP contribution in [-0.2, 0) is 19.1 Å². The van der Waals surface area contributed by atoms with Crippen molar-refractivity contribution >= 4 is 11.8 Å². The number of likely N-dealkylation sites (tertiary alicyclic amines) is 1. The minimum atomic E-state index is -0.411. The highest BCUT2D eigenvalue weighted by Gasteiger charge is 2.26. The summed E-state index contributed by atoms with van der Waals surface area (Å²) in [7, 11) is 3.07. The Bertz CT molecular complexity index is 284. The van der Waals surface area contributed by atoms with Gasteiger partial charge in [-0.15, -0.1) is 0 Å². The van der Waals surface area contributed by atoms with Crippen molar-refractivity contribution in [1.29, 1.82) is 0 Å². The molecule has 18 heavy (non-hydrogen) atoms. The summed E-state index contributed by atoms with van der Waals surface area (Å²) >= 11 is 0. The van der Waals surface area contributed by atoms with E-state index in [-0.39, 0.29) is 17.7 Å². The van der Waals surface area contributed by atoms with E-state index in [0.29, 0.717) is 19.6 Å². The molecule has 1 aliphatic rings. The monoisotopic (exact) mass is 258 g/mol. The highest BCUT2D eigenvalue weighted by atomic mass is 16.7. The molecule has 1 rings (SSSR count). The van der Waals surface area contributed by atoms with Gasteiger partial charge in [-0.05, 0) is 12.8 Å². The van der Waals surface area contributed by atoms with E-state index in [4.69, 9.17) is 9.47 Å². The first kappa shape index (κ1) is 14.9. The second-order valence-electron chi connectivity index (χ2n) is 4.43. The van der Waals surface area contributed by atoms with Crippen molar-refractivity contribution in [2.75, 3.05) is 33.9 Å². The summed E-state index contributed by atoms with van der Waals surface area (Å²) in [4.78, 5) is 24.8. The molecule has 0 spiro atoms. The van der Waals surface area contributed by atoms with Crippen molar-refractivity contribution in [2.24, 2.45) is 5.92 Å². The highest BCUT2D eigenvalue weighted by molar-refractivity contribution is 5.79. The van der Waals surface area contributed by atoms with E-state index in [9.17, 15) is 9.59 Å². The van der Waals surface area contributed by atoms with Gasteiger partial charge in [-0.2, -0.15) is 0 Å². The molecule has 0 saturated carbocycles. The van der Waals surface area contributed by atoms with E-state index < -0.39 is 6.29 Å². The van der Waals surface area contributed by atoms with Crippen LogP contribution < -0.4 is 5.32 Å². The maximum absolute atomic E-state index is 11.9. The summed E-state index contributed by atoms with van der Waals surface area (Å²) in [5, 5.41) is 2.81. The predicted molar refractivity (Wildman–Crippen MR) is 65.8 cm³/mol. The summed E-state index contributed by atoms with van der Waals surface area (Å²) in [6, 6.07) is 0. The molecular formula is C12H22N2O4. The van der Waals surface area contributed by atoms with Crippen LogP contribution in [0.1, 0.15) is 19.8 Å². The summed E-state index contributed by atoms with van der Waals surface area (Å²) in [5.74, 6) is 0.0694. The first-order chi connectivity index (χ1) is 8.58. The smallest absolute Gasteiger partial charge is 0.223 e. The van der Waals surface area contributed by atoms with Gasteiger partial charge < -0.3 is 19.7 Å². The molecule has 0 atom stereocenters. The number of amides is 2. The summed E-state index contributed by atoms with van der Waals surface area (Å²) in [6.45, 7) is 3.22. The first-order valence-corrected chi connectivity index (χ1v) is 6.17. The number of hydrogen-bond donors (Lipinski definition) is 1. The van der Waals surface area contributed by atoms with Crippen LogP contribution in [0.4, 0.5) is 0 Å². The zero-order valence-corrected chi connectivity index (χ0v) is 11.3. The van der Waals surface area contributed by atoms with Crippen LogP contribution in [-0.4, -0.2) is 56.9 Å². The Labute approximate surface area is 108 Å². The van der Waals surface area contributed by atoms with Crippen LogP contribution in [0.2, 0.25) is 0 Å². The highest BCUT2D eigenvalue weighted by Crippen LogP contribution is 2.17. The third-order valence-electron chi connectivity index (χ3n) is 3.28. The number of carbonyl (C=O) groups excluding carboxylic acids is 2. The van der Waals surface area contributed by atoms with Gasteiger partial charge in [0.05, 0.1) is 6.54 Å². The molecule has 0 radical (unpaired) electrons. The summed E-state index contributed by atoms with van der Waals surface area (Å²) in [6.07, 6.45) is 1.03. The van der Waals surface area contributed by atoms with Crippen molar-refractivity contribution in [3.8, 4) is 0 Å². The second kappa shape index (κ2) is 7.33. The Hall–Kier alpha value is -1.14. The molecule has 0 unspecified atom stereocenters. The standard InChI is InChI=1S/C12H22N2O4/c1-9(15)14-6-4-10(5-7-14)12(16)13-8-11(17-2)18-3/h10-11H,4-8H2,1-3H3,(H,13,16). The van der Waals surface area contributed by atoms with Crippen LogP contribution in [0.25, 0.3) is 0 Å². The largest absolute Gasteiger partial charge is 0.354 e. The average Bonchev–Trinajstić information content (AvgIpc) is 2.39.